The summed E-state index contributed by atoms with van der Waals surface area (Å²) in [4.78, 5) is 0. The quantitative estimate of drug-likeness (QED) is 0.133. The van der Waals surface area contributed by atoms with Crippen molar-refractivity contribution in [2.45, 2.75) is 141 Å². The molecular weight excluding hydrogens is 312 g/mol. The van der Waals surface area contributed by atoms with Gasteiger partial charge >= 0.3 is 0 Å². The molecule has 0 aromatic heterocycles. The summed E-state index contributed by atoms with van der Waals surface area (Å²) in [5.74, 6) is 0. The van der Waals surface area contributed by atoms with Crippen LogP contribution in [0.2, 0.25) is 0 Å². The second-order valence-corrected chi connectivity index (χ2v) is 8.12. The highest BCUT2D eigenvalue weighted by molar-refractivity contribution is 4.81. The Hall–Kier alpha value is -0.260. The van der Waals surface area contributed by atoms with Crippen molar-refractivity contribution in [1.82, 2.24) is 0 Å². The fourth-order valence-corrected chi connectivity index (χ4v) is 3.59. The van der Waals surface area contributed by atoms with Crippen LogP contribution in [0.4, 0.5) is 0 Å². The van der Waals surface area contributed by atoms with Gasteiger partial charge in [-0.05, 0) is 25.7 Å². The van der Waals surface area contributed by atoms with Gasteiger partial charge in [0.1, 0.15) is 0 Å². The molecule has 0 spiro atoms. The fraction of sp³-hybridized carbons (Fsp3) is 0.846. The van der Waals surface area contributed by atoms with E-state index < -0.39 is 0 Å². The monoisotopic (exact) mass is 362 g/mol. The first-order valence-electron chi connectivity index (χ1n) is 12.1. The van der Waals surface area contributed by atoms with Gasteiger partial charge in [-0.1, -0.05) is 142 Å². The third-order valence-electron chi connectivity index (χ3n) is 5.41. The molecule has 0 aliphatic heterocycles. The molecule has 26 heavy (non-hydrogen) atoms. The molecule has 0 fully saturated rings. The van der Waals surface area contributed by atoms with Crippen molar-refractivity contribution in [2.24, 2.45) is 0 Å². The molecule has 0 saturated carbocycles. The second kappa shape index (κ2) is 24.7. The van der Waals surface area contributed by atoms with E-state index in [1.807, 2.05) is 0 Å². The Morgan fingerprint density at radius 1 is 0.308 bits per heavy atom. The van der Waals surface area contributed by atoms with Crippen LogP contribution in [0, 0.1) is 13.8 Å². The van der Waals surface area contributed by atoms with E-state index in [9.17, 15) is 0 Å². The van der Waals surface area contributed by atoms with Crippen molar-refractivity contribution in [2.75, 3.05) is 0 Å². The number of allylic oxidation sites excluding steroid dienone is 2. The summed E-state index contributed by atoms with van der Waals surface area (Å²) in [6.07, 6.45) is 35.2. The predicted molar refractivity (Wildman–Crippen MR) is 121 cm³/mol. The Morgan fingerprint density at radius 3 is 0.923 bits per heavy atom. The molecule has 2 radical (unpaired) electrons. The highest BCUT2D eigenvalue weighted by Crippen LogP contribution is 2.14. The Morgan fingerprint density at radius 2 is 0.577 bits per heavy atom. The molecule has 0 unspecified atom stereocenters. The van der Waals surface area contributed by atoms with E-state index in [2.05, 4.69) is 26.0 Å². The van der Waals surface area contributed by atoms with Gasteiger partial charge in [-0.15, -0.1) is 0 Å². The number of hydrogen-bond donors (Lipinski definition) is 0. The van der Waals surface area contributed by atoms with Crippen LogP contribution in [0.1, 0.15) is 141 Å². The minimum Gasteiger partial charge on any atom is -0.0885 e. The zero-order chi connectivity index (χ0) is 19.0. The van der Waals surface area contributed by atoms with Gasteiger partial charge in [-0.25, -0.2) is 0 Å². The van der Waals surface area contributed by atoms with E-state index in [1.165, 1.54) is 128 Å². The van der Waals surface area contributed by atoms with Crippen LogP contribution in [0.15, 0.2) is 12.2 Å². The van der Waals surface area contributed by atoms with Crippen LogP contribution in [0.5, 0.6) is 0 Å². The molecule has 154 valence electrons. The van der Waals surface area contributed by atoms with Crippen molar-refractivity contribution < 1.29 is 0 Å². The van der Waals surface area contributed by atoms with E-state index >= 15 is 0 Å². The fourth-order valence-electron chi connectivity index (χ4n) is 3.59. The molecule has 0 atom stereocenters. The van der Waals surface area contributed by atoms with Gasteiger partial charge in [0.15, 0.2) is 0 Å². The first-order chi connectivity index (χ1) is 12.9. The van der Waals surface area contributed by atoms with Crippen LogP contribution >= 0.6 is 0 Å². The molecule has 0 heterocycles. The van der Waals surface area contributed by atoms with Gasteiger partial charge in [-0.2, -0.15) is 0 Å². The maximum atomic E-state index is 3.91. The third kappa shape index (κ3) is 23.7. The molecule has 0 heteroatoms. The summed E-state index contributed by atoms with van der Waals surface area (Å²) in [7, 11) is 0. The molecule has 0 saturated heterocycles. The Labute approximate surface area is 167 Å². The van der Waals surface area contributed by atoms with E-state index in [1.54, 1.807) is 0 Å². The lowest BCUT2D eigenvalue weighted by molar-refractivity contribution is 0.526. The van der Waals surface area contributed by atoms with Gasteiger partial charge in [0, 0.05) is 0 Å². The molecule has 0 N–H and O–H groups in total. The summed E-state index contributed by atoms with van der Waals surface area (Å²) in [5, 5.41) is 0. The van der Waals surface area contributed by atoms with Gasteiger partial charge in [0.25, 0.3) is 0 Å². The van der Waals surface area contributed by atoms with Gasteiger partial charge in [0.2, 0.25) is 0 Å². The van der Waals surface area contributed by atoms with E-state index in [0.29, 0.717) is 0 Å². The van der Waals surface area contributed by atoms with E-state index in [4.69, 9.17) is 0 Å². The lowest BCUT2D eigenvalue weighted by atomic mass is 10.0. The lowest BCUT2D eigenvalue weighted by Crippen LogP contribution is -1.84. The molecule has 0 aromatic carbocycles. The molecule has 0 aromatic rings. The summed E-state index contributed by atoms with van der Waals surface area (Å²) in [6.45, 7) is 7.78. The van der Waals surface area contributed by atoms with Gasteiger partial charge in [-0.3, -0.25) is 0 Å². The van der Waals surface area contributed by atoms with Crippen molar-refractivity contribution in [3.8, 4) is 0 Å². The molecule has 0 aliphatic rings. The zero-order valence-corrected chi connectivity index (χ0v) is 18.1. The van der Waals surface area contributed by atoms with Gasteiger partial charge in [0.05, 0.1) is 0 Å². The topological polar surface area (TPSA) is 0 Å². The Balaban J connectivity index is 3.00. The van der Waals surface area contributed by atoms with Crippen LogP contribution in [-0.4, -0.2) is 0 Å². The SMILES string of the molecule is [CH2]CCCC=CCCCCCCCCCCCCCCCCCCC[CH2]. The van der Waals surface area contributed by atoms with Crippen molar-refractivity contribution in [1.29, 1.82) is 0 Å². The van der Waals surface area contributed by atoms with E-state index in [-0.39, 0.29) is 0 Å². The maximum absolute atomic E-state index is 3.91. The summed E-state index contributed by atoms with van der Waals surface area (Å²) in [5.41, 5.74) is 0. The first kappa shape index (κ1) is 25.7. The molecule has 0 bridgehead atoms. The van der Waals surface area contributed by atoms with Crippen molar-refractivity contribution >= 4 is 0 Å². The minimum absolute atomic E-state index is 1.07. The molecule has 0 nitrogen and oxygen atoms in total. The van der Waals surface area contributed by atoms with Crippen molar-refractivity contribution in [3.05, 3.63) is 26.0 Å². The molecular formula is C26H50. The van der Waals surface area contributed by atoms with Crippen LogP contribution < -0.4 is 0 Å². The Kier molecular flexibility index (Phi) is 24.5. The zero-order valence-electron chi connectivity index (χ0n) is 18.1. The summed E-state index contributed by atoms with van der Waals surface area (Å²) >= 11 is 0. The minimum atomic E-state index is 1.07. The molecule has 0 aliphatic carbocycles. The van der Waals surface area contributed by atoms with Crippen LogP contribution in [0.3, 0.4) is 0 Å². The van der Waals surface area contributed by atoms with Gasteiger partial charge < -0.3 is 0 Å². The normalized spacial score (nSPS) is 11.6. The number of unbranched alkanes of at least 4 members (excludes halogenated alkanes) is 20. The van der Waals surface area contributed by atoms with Crippen molar-refractivity contribution in [3.63, 3.8) is 0 Å². The smallest absolute Gasteiger partial charge is 0.0351 e. The Bertz CT molecular complexity index is 253. The summed E-state index contributed by atoms with van der Waals surface area (Å²) in [6, 6.07) is 0. The summed E-state index contributed by atoms with van der Waals surface area (Å²) < 4.78 is 0. The highest BCUT2D eigenvalue weighted by Gasteiger charge is 1.94. The first-order valence-corrected chi connectivity index (χ1v) is 12.1. The number of hydrogen-bond acceptors (Lipinski definition) is 0. The second-order valence-electron chi connectivity index (χ2n) is 8.12. The van der Waals surface area contributed by atoms with E-state index in [0.717, 1.165) is 12.8 Å². The standard InChI is InChI=1S/C26H50/c1-3-5-7-9-11-13-15-17-19-21-23-25-26-24-22-20-18-16-14-12-10-8-6-4-2/h9,11H,1-8,10,12-26H2. The largest absolute Gasteiger partial charge is 0.0885 e. The maximum Gasteiger partial charge on any atom is -0.0351 e. The lowest BCUT2D eigenvalue weighted by Gasteiger charge is -2.03. The molecule has 0 amide bonds. The third-order valence-corrected chi connectivity index (χ3v) is 5.41. The highest BCUT2D eigenvalue weighted by atomic mass is 14.0. The van der Waals surface area contributed by atoms with Crippen LogP contribution in [-0.2, 0) is 0 Å². The average Bonchev–Trinajstić information content (AvgIpc) is 2.66. The molecule has 0 rings (SSSR count). The van der Waals surface area contributed by atoms with Crippen LogP contribution in [0.25, 0.3) is 0 Å². The predicted octanol–water partition coefficient (Wildman–Crippen LogP) is 9.79. The number of rotatable bonds is 22. The average molecular weight is 363 g/mol.